The maximum absolute atomic E-state index is 13.5. The Hall–Kier alpha value is -2.34. The summed E-state index contributed by atoms with van der Waals surface area (Å²) in [7, 11) is 0. The van der Waals surface area contributed by atoms with Gasteiger partial charge in [0.05, 0.1) is 20.9 Å². The lowest BCUT2D eigenvalue weighted by atomic mass is 10.2. The van der Waals surface area contributed by atoms with Crippen LogP contribution >= 0.6 is 11.3 Å². The van der Waals surface area contributed by atoms with Gasteiger partial charge in [0.1, 0.15) is 11.6 Å². The van der Waals surface area contributed by atoms with Crippen LogP contribution in [-0.4, -0.2) is 10.9 Å². The number of hydrogen-bond donors (Lipinski definition) is 1. The van der Waals surface area contributed by atoms with E-state index < -0.39 is 11.6 Å². The molecule has 0 bridgehead atoms. The van der Waals surface area contributed by atoms with Crippen molar-refractivity contribution in [2.45, 2.75) is 19.3 Å². The van der Waals surface area contributed by atoms with Crippen molar-refractivity contribution in [3.63, 3.8) is 0 Å². The normalized spacial score (nSPS) is 10.9. The number of anilines is 1. The highest BCUT2D eigenvalue weighted by atomic mass is 32.1. The molecule has 3 rings (SSSR count). The second-order valence-electron chi connectivity index (χ2n) is 5.10. The van der Waals surface area contributed by atoms with Gasteiger partial charge in [0.25, 0.3) is 0 Å². The number of benzene rings is 2. The first-order valence-electron chi connectivity index (χ1n) is 7.21. The molecule has 1 aromatic heterocycles. The Bertz CT molecular complexity index is 814. The minimum Gasteiger partial charge on any atom is -0.324 e. The summed E-state index contributed by atoms with van der Waals surface area (Å²) in [5.74, 6) is -1.74. The molecule has 3 nitrogen and oxygen atoms in total. The summed E-state index contributed by atoms with van der Waals surface area (Å²) >= 11 is 1.61. The van der Waals surface area contributed by atoms with E-state index in [1.54, 1.807) is 11.3 Å². The maximum atomic E-state index is 13.5. The van der Waals surface area contributed by atoms with Gasteiger partial charge in [-0.2, -0.15) is 0 Å². The van der Waals surface area contributed by atoms with Crippen LogP contribution in [0, 0.1) is 11.6 Å². The molecular weight excluding hydrogens is 318 g/mol. The fraction of sp³-hybridized carbons (Fsp3) is 0.176. The van der Waals surface area contributed by atoms with Crippen LogP contribution in [0.1, 0.15) is 17.8 Å². The van der Waals surface area contributed by atoms with Gasteiger partial charge in [-0.15, -0.1) is 11.3 Å². The van der Waals surface area contributed by atoms with Crippen molar-refractivity contribution in [2.24, 2.45) is 0 Å². The molecule has 2 aromatic carbocycles. The van der Waals surface area contributed by atoms with E-state index >= 15 is 0 Å². The fourth-order valence-electron chi connectivity index (χ4n) is 2.23. The topological polar surface area (TPSA) is 42.0 Å². The summed E-state index contributed by atoms with van der Waals surface area (Å²) < 4.78 is 27.4. The minimum absolute atomic E-state index is 0.00335. The number of amides is 1. The zero-order valence-corrected chi connectivity index (χ0v) is 13.0. The molecule has 0 spiro atoms. The maximum Gasteiger partial charge on any atom is 0.224 e. The number of carbonyl (C=O) groups excluding carboxylic acids is 1. The Kier molecular flexibility index (Phi) is 4.62. The van der Waals surface area contributed by atoms with E-state index in [0.29, 0.717) is 12.8 Å². The molecule has 0 fully saturated rings. The average Bonchev–Trinajstić information content (AvgIpc) is 2.93. The second-order valence-corrected chi connectivity index (χ2v) is 6.22. The highest BCUT2D eigenvalue weighted by molar-refractivity contribution is 7.18. The highest BCUT2D eigenvalue weighted by Gasteiger charge is 2.09. The van der Waals surface area contributed by atoms with Gasteiger partial charge < -0.3 is 5.32 Å². The van der Waals surface area contributed by atoms with Crippen molar-refractivity contribution in [2.75, 3.05) is 5.32 Å². The van der Waals surface area contributed by atoms with Crippen LogP contribution in [0.5, 0.6) is 0 Å². The lowest BCUT2D eigenvalue weighted by molar-refractivity contribution is -0.116. The second kappa shape index (κ2) is 6.83. The molecule has 6 heteroatoms. The summed E-state index contributed by atoms with van der Waals surface area (Å²) in [4.78, 5) is 16.3. The zero-order valence-electron chi connectivity index (χ0n) is 12.2. The molecular formula is C17H14F2N2OS. The van der Waals surface area contributed by atoms with Crippen molar-refractivity contribution in [1.82, 2.24) is 4.98 Å². The Morgan fingerprint density at radius 3 is 2.78 bits per heavy atom. The largest absolute Gasteiger partial charge is 0.324 e. The van der Waals surface area contributed by atoms with Gasteiger partial charge >= 0.3 is 0 Å². The first-order valence-corrected chi connectivity index (χ1v) is 8.03. The predicted octanol–water partition coefficient (Wildman–Crippen LogP) is 4.54. The third-order valence-electron chi connectivity index (χ3n) is 3.34. The molecule has 1 amide bonds. The lowest BCUT2D eigenvalue weighted by Crippen LogP contribution is -2.12. The molecule has 1 heterocycles. The number of carbonyl (C=O) groups is 1. The molecule has 0 saturated heterocycles. The van der Waals surface area contributed by atoms with E-state index in [1.165, 1.54) is 6.07 Å². The molecule has 118 valence electrons. The molecule has 0 atom stereocenters. The van der Waals surface area contributed by atoms with E-state index in [9.17, 15) is 13.6 Å². The fourth-order valence-corrected chi connectivity index (χ4v) is 3.24. The van der Waals surface area contributed by atoms with Crippen molar-refractivity contribution in [3.05, 3.63) is 59.1 Å². The van der Waals surface area contributed by atoms with E-state index in [-0.39, 0.29) is 18.0 Å². The van der Waals surface area contributed by atoms with Crippen molar-refractivity contribution >= 4 is 33.1 Å². The predicted molar refractivity (Wildman–Crippen MR) is 87.5 cm³/mol. The third kappa shape index (κ3) is 3.90. The van der Waals surface area contributed by atoms with Gasteiger partial charge in [0, 0.05) is 12.5 Å². The molecule has 23 heavy (non-hydrogen) atoms. The number of aromatic nitrogens is 1. The van der Waals surface area contributed by atoms with E-state index in [1.807, 2.05) is 24.3 Å². The molecule has 0 saturated carbocycles. The molecule has 0 aliphatic heterocycles. The summed E-state index contributed by atoms with van der Waals surface area (Å²) in [6.07, 6.45) is 1.57. The van der Waals surface area contributed by atoms with E-state index in [0.717, 1.165) is 27.4 Å². The van der Waals surface area contributed by atoms with Crippen LogP contribution in [0.2, 0.25) is 0 Å². The van der Waals surface area contributed by atoms with Crippen LogP contribution in [0.4, 0.5) is 14.5 Å². The minimum atomic E-state index is -0.774. The number of thiazole rings is 1. The third-order valence-corrected chi connectivity index (χ3v) is 4.43. The van der Waals surface area contributed by atoms with Crippen LogP contribution in [0.3, 0.4) is 0 Å². The number of hydrogen-bond acceptors (Lipinski definition) is 3. The summed E-state index contributed by atoms with van der Waals surface area (Å²) in [5.41, 5.74) is 0.960. The SMILES string of the molecule is O=C(CCCc1nc2ccccc2s1)Nc1ccc(F)cc1F. The monoisotopic (exact) mass is 332 g/mol. The Labute approximate surface area is 136 Å². The van der Waals surface area contributed by atoms with Crippen LogP contribution < -0.4 is 5.32 Å². The quantitative estimate of drug-likeness (QED) is 0.745. The molecule has 1 N–H and O–H groups in total. The van der Waals surface area contributed by atoms with Crippen molar-refractivity contribution < 1.29 is 13.6 Å². The van der Waals surface area contributed by atoms with Crippen molar-refractivity contribution in [1.29, 1.82) is 0 Å². The number of aryl methyl sites for hydroxylation is 1. The summed E-state index contributed by atoms with van der Waals surface area (Å²) in [5, 5.41) is 3.43. The molecule has 0 unspecified atom stereocenters. The van der Waals surface area contributed by atoms with Gasteiger partial charge in [0.2, 0.25) is 5.91 Å². The summed E-state index contributed by atoms with van der Waals surface area (Å²) in [6, 6.07) is 11.0. The first-order chi connectivity index (χ1) is 11.1. The van der Waals surface area contributed by atoms with E-state index in [4.69, 9.17) is 0 Å². The number of fused-ring (bicyclic) bond motifs is 1. The summed E-state index contributed by atoms with van der Waals surface area (Å²) in [6.45, 7) is 0. The first kappa shape index (κ1) is 15.6. The van der Waals surface area contributed by atoms with Gasteiger partial charge in [-0.05, 0) is 37.1 Å². The Morgan fingerprint density at radius 2 is 2.00 bits per heavy atom. The van der Waals surface area contributed by atoms with Crippen LogP contribution in [-0.2, 0) is 11.2 Å². The lowest BCUT2D eigenvalue weighted by Gasteiger charge is -2.05. The molecule has 3 aromatic rings. The Morgan fingerprint density at radius 1 is 1.17 bits per heavy atom. The van der Waals surface area contributed by atoms with Gasteiger partial charge in [0.15, 0.2) is 0 Å². The molecule has 0 aliphatic carbocycles. The smallest absolute Gasteiger partial charge is 0.224 e. The van der Waals surface area contributed by atoms with Gasteiger partial charge in [-0.25, -0.2) is 13.8 Å². The number of nitrogens with one attached hydrogen (secondary N) is 1. The number of nitrogens with zero attached hydrogens (tertiary/aromatic N) is 1. The molecule has 0 radical (unpaired) electrons. The van der Waals surface area contributed by atoms with Gasteiger partial charge in [-0.1, -0.05) is 12.1 Å². The standard InChI is InChI=1S/C17H14F2N2OS/c18-11-8-9-13(12(19)10-11)20-16(22)6-3-7-17-21-14-4-1-2-5-15(14)23-17/h1-2,4-5,8-10H,3,6-7H2,(H,20,22). The van der Waals surface area contributed by atoms with E-state index in [2.05, 4.69) is 10.3 Å². The van der Waals surface area contributed by atoms with Crippen LogP contribution in [0.15, 0.2) is 42.5 Å². The van der Waals surface area contributed by atoms with Crippen LogP contribution in [0.25, 0.3) is 10.2 Å². The zero-order chi connectivity index (χ0) is 16.2. The highest BCUT2D eigenvalue weighted by Crippen LogP contribution is 2.23. The van der Waals surface area contributed by atoms with Gasteiger partial charge in [-0.3, -0.25) is 4.79 Å². The average molecular weight is 332 g/mol. The number of para-hydroxylation sites is 1. The Balaban J connectivity index is 1.52. The van der Waals surface area contributed by atoms with Crippen molar-refractivity contribution in [3.8, 4) is 0 Å². The number of rotatable bonds is 5. The molecule has 0 aliphatic rings. The number of halogens is 2.